The smallest absolute Gasteiger partial charge is 0.387 e. The summed E-state index contributed by atoms with van der Waals surface area (Å²) in [6, 6.07) is 3.02. The van der Waals surface area contributed by atoms with Gasteiger partial charge in [-0.2, -0.15) is 17.6 Å². The molecule has 0 aliphatic heterocycles. The lowest BCUT2D eigenvalue weighted by Crippen LogP contribution is -2.15. The molecule has 0 spiro atoms. The highest BCUT2D eigenvalue weighted by Gasteiger charge is 2.17. The number of carbonyl (C=O) groups excluding carboxylic acids is 1. The number of carbonyl (C=O) groups is 1. The SMILES string of the molecule is Cl.NCCc1nc(C(=O)Nc2ccc(OC(F)F)cc2OC(F)F)cs1. The summed E-state index contributed by atoms with van der Waals surface area (Å²) in [7, 11) is 0. The largest absolute Gasteiger partial charge is 0.435 e. The predicted molar refractivity (Wildman–Crippen MR) is 89.8 cm³/mol. The number of anilines is 1. The number of nitrogens with one attached hydrogen (secondary N) is 1. The first kappa shape index (κ1) is 21.9. The van der Waals surface area contributed by atoms with Gasteiger partial charge in [0.1, 0.15) is 11.4 Å². The average Bonchev–Trinajstić information content (AvgIpc) is 2.98. The molecule has 1 amide bonds. The van der Waals surface area contributed by atoms with Gasteiger partial charge >= 0.3 is 13.2 Å². The summed E-state index contributed by atoms with van der Waals surface area (Å²) in [4.78, 5) is 16.2. The quantitative estimate of drug-likeness (QED) is 0.644. The van der Waals surface area contributed by atoms with Crippen LogP contribution in [-0.2, 0) is 6.42 Å². The summed E-state index contributed by atoms with van der Waals surface area (Å²) >= 11 is 1.23. The number of amides is 1. The number of ether oxygens (including phenoxy) is 2. The summed E-state index contributed by atoms with van der Waals surface area (Å²) < 4.78 is 57.8. The molecule has 1 heterocycles. The summed E-state index contributed by atoms with van der Waals surface area (Å²) in [5, 5.41) is 4.48. The Morgan fingerprint density at radius 1 is 1.23 bits per heavy atom. The highest BCUT2D eigenvalue weighted by atomic mass is 35.5. The number of rotatable bonds is 8. The van der Waals surface area contributed by atoms with Crippen LogP contribution in [0.2, 0.25) is 0 Å². The van der Waals surface area contributed by atoms with Crippen molar-refractivity contribution in [1.82, 2.24) is 4.98 Å². The molecule has 0 saturated carbocycles. The zero-order valence-corrected chi connectivity index (χ0v) is 14.6. The number of hydrogen-bond acceptors (Lipinski definition) is 6. The second kappa shape index (κ2) is 10.1. The zero-order chi connectivity index (χ0) is 18.4. The molecule has 3 N–H and O–H groups in total. The van der Waals surface area contributed by atoms with E-state index >= 15 is 0 Å². The van der Waals surface area contributed by atoms with Crippen molar-refractivity contribution in [3.05, 3.63) is 34.3 Å². The molecule has 12 heteroatoms. The number of halogens is 5. The van der Waals surface area contributed by atoms with E-state index in [-0.39, 0.29) is 29.5 Å². The van der Waals surface area contributed by atoms with E-state index in [2.05, 4.69) is 19.8 Å². The molecule has 0 saturated heterocycles. The molecular weight excluding hydrogens is 402 g/mol. The molecule has 144 valence electrons. The number of thiazole rings is 1. The lowest BCUT2D eigenvalue weighted by Gasteiger charge is -2.13. The third kappa shape index (κ3) is 6.32. The Kier molecular flexibility index (Phi) is 8.55. The Morgan fingerprint density at radius 2 is 1.92 bits per heavy atom. The van der Waals surface area contributed by atoms with Crippen LogP contribution in [0.15, 0.2) is 23.6 Å². The van der Waals surface area contributed by atoms with Crippen molar-refractivity contribution in [2.75, 3.05) is 11.9 Å². The third-order valence-electron chi connectivity index (χ3n) is 2.79. The fourth-order valence-electron chi connectivity index (χ4n) is 1.82. The van der Waals surface area contributed by atoms with Gasteiger partial charge in [-0.3, -0.25) is 4.79 Å². The van der Waals surface area contributed by atoms with E-state index in [4.69, 9.17) is 5.73 Å². The van der Waals surface area contributed by atoms with Crippen LogP contribution in [0.5, 0.6) is 11.5 Å². The van der Waals surface area contributed by atoms with Crippen molar-refractivity contribution < 1.29 is 31.8 Å². The van der Waals surface area contributed by atoms with Gasteiger partial charge in [0, 0.05) is 17.9 Å². The number of hydrogen-bond donors (Lipinski definition) is 2. The first-order valence-electron chi connectivity index (χ1n) is 6.88. The zero-order valence-electron chi connectivity index (χ0n) is 13.0. The summed E-state index contributed by atoms with van der Waals surface area (Å²) in [5.74, 6) is -1.57. The van der Waals surface area contributed by atoms with Gasteiger partial charge in [0.25, 0.3) is 5.91 Å². The van der Waals surface area contributed by atoms with E-state index < -0.39 is 24.9 Å². The van der Waals surface area contributed by atoms with Gasteiger partial charge in [-0.15, -0.1) is 23.7 Å². The van der Waals surface area contributed by atoms with Crippen molar-refractivity contribution >= 4 is 35.3 Å². The molecule has 26 heavy (non-hydrogen) atoms. The maximum Gasteiger partial charge on any atom is 0.387 e. The molecule has 1 aromatic heterocycles. The summed E-state index contributed by atoms with van der Waals surface area (Å²) in [5.41, 5.74) is 5.33. The van der Waals surface area contributed by atoms with Gasteiger partial charge in [0.2, 0.25) is 0 Å². The maximum atomic E-state index is 12.5. The maximum absolute atomic E-state index is 12.5. The van der Waals surface area contributed by atoms with Crippen LogP contribution in [0.1, 0.15) is 15.5 Å². The molecule has 0 atom stereocenters. The van der Waals surface area contributed by atoms with Crippen molar-refractivity contribution in [3.63, 3.8) is 0 Å². The molecule has 2 aromatic rings. The van der Waals surface area contributed by atoms with Gasteiger partial charge in [-0.05, 0) is 18.7 Å². The first-order chi connectivity index (χ1) is 11.9. The van der Waals surface area contributed by atoms with Crippen LogP contribution in [0.3, 0.4) is 0 Å². The van der Waals surface area contributed by atoms with Gasteiger partial charge in [0.05, 0.1) is 10.7 Å². The van der Waals surface area contributed by atoms with Crippen LogP contribution in [0.4, 0.5) is 23.2 Å². The fraction of sp³-hybridized carbons (Fsp3) is 0.286. The Morgan fingerprint density at radius 3 is 2.54 bits per heavy atom. The fourth-order valence-corrected chi connectivity index (χ4v) is 2.61. The number of aromatic nitrogens is 1. The highest BCUT2D eigenvalue weighted by molar-refractivity contribution is 7.09. The average molecular weight is 416 g/mol. The second-order valence-electron chi connectivity index (χ2n) is 4.53. The Labute approximate surface area is 155 Å². The van der Waals surface area contributed by atoms with Crippen molar-refractivity contribution in [1.29, 1.82) is 0 Å². The molecule has 0 aliphatic rings. The second-order valence-corrected chi connectivity index (χ2v) is 5.48. The van der Waals surface area contributed by atoms with Crippen LogP contribution in [0, 0.1) is 0 Å². The summed E-state index contributed by atoms with van der Waals surface area (Å²) in [6.45, 7) is -5.98. The molecule has 2 rings (SSSR count). The lowest BCUT2D eigenvalue weighted by atomic mass is 10.2. The minimum atomic E-state index is -3.21. The van der Waals surface area contributed by atoms with Crippen molar-refractivity contribution in [2.45, 2.75) is 19.6 Å². The Bertz CT molecular complexity index is 733. The molecule has 0 fully saturated rings. The van der Waals surface area contributed by atoms with Gasteiger partial charge in [-0.25, -0.2) is 4.98 Å². The Hall–Kier alpha value is -2.11. The Balaban J connectivity index is 0.00000338. The number of alkyl halides is 4. The van der Waals surface area contributed by atoms with Crippen LogP contribution >= 0.6 is 23.7 Å². The standard InChI is InChI=1S/C14H13F4N3O3S.ClH/c15-13(16)23-7-1-2-8(10(5-7)24-14(17)18)21-12(22)9-6-25-11(20-9)3-4-19;/h1-2,5-6,13-14H,3-4,19H2,(H,21,22);1H. The van der Waals surface area contributed by atoms with Crippen molar-refractivity contribution in [3.8, 4) is 11.5 Å². The third-order valence-corrected chi connectivity index (χ3v) is 3.69. The minimum Gasteiger partial charge on any atom is -0.435 e. The van der Waals surface area contributed by atoms with Gasteiger partial charge in [0.15, 0.2) is 5.75 Å². The molecule has 0 aliphatic carbocycles. The van der Waals surface area contributed by atoms with E-state index in [9.17, 15) is 22.4 Å². The molecule has 0 unspecified atom stereocenters. The van der Waals surface area contributed by atoms with Gasteiger partial charge in [-0.1, -0.05) is 0 Å². The van der Waals surface area contributed by atoms with Crippen LogP contribution in [-0.4, -0.2) is 30.7 Å². The lowest BCUT2D eigenvalue weighted by molar-refractivity contribution is -0.0539. The number of nitrogens with two attached hydrogens (primary N) is 1. The van der Waals surface area contributed by atoms with E-state index in [1.807, 2.05) is 0 Å². The normalized spacial score (nSPS) is 10.6. The van der Waals surface area contributed by atoms with Crippen LogP contribution < -0.4 is 20.5 Å². The molecule has 0 bridgehead atoms. The monoisotopic (exact) mass is 415 g/mol. The summed E-state index contributed by atoms with van der Waals surface area (Å²) in [6.07, 6.45) is 0.497. The van der Waals surface area contributed by atoms with E-state index in [1.54, 1.807) is 0 Å². The first-order valence-corrected chi connectivity index (χ1v) is 7.76. The minimum absolute atomic E-state index is 0. The molecule has 1 aromatic carbocycles. The number of nitrogens with zero attached hydrogens (tertiary/aromatic N) is 1. The van der Waals surface area contributed by atoms with E-state index in [0.717, 1.165) is 18.2 Å². The highest BCUT2D eigenvalue weighted by Crippen LogP contribution is 2.32. The number of benzene rings is 1. The topological polar surface area (TPSA) is 86.5 Å². The van der Waals surface area contributed by atoms with Crippen molar-refractivity contribution in [2.24, 2.45) is 5.73 Å². The molecular formula is C14H14ClF4N3O3S. The predicted octanol–water partition coefficient (Wildman–Crippen LogP) is 3.52. The van der Waals surface area contributed by atoms with E-state index in [0.29, 0.717) is 18.0 Å². The van der Waals surface area contributed by atoms with Crippen LogP contribution in [0.25, 0.3) is 0 Å². The molecule has 0 radical (unpaired) electrons. The molecule has 6 nitrogen and oxygen atoms in total. The van der Waals surface area contributed by atoms with Gasteiger partial charge < -0.3 is 20.5 Å². The van der Waals surface area contributed by atoms with E-state index in [1.165, 1.54) is 16.7 Å².